The average Bonchev–Trinajstić information content (AvgIpc) is 2.48. The van der Waals surface area contributed by atoms with Crippen molar-refractivity contribution in [1.29, 1.82) is 0 Å². The van der Waals surface area contributed by atoms with Gasteiger partial charge in [-0.05, 0) is 25.0 Å². The van der Waals surface area contributed by atoms with Crippen molar-refractivity contribution in [2.24, 2.45) is 0 Å². The summed E-state index contributed by atoms with van der Waals surface area (Å²) in [4.78, 5) is 9.66. The van der Waals surface area contributed by atoms with E-state index in [0.717, 1.165) is 50.3 Å². The monoisotopic (exact) mass is 330 g/mol. The molecular weight excluding hydrogens is 311 g/mol. The van der Waals surface area contributed by atoms with Crippen LogP contribution in [0.25, 0.3) is 0 Å². The first kappa shape index (κ1) is 16.8. The number of nitro groups is 1. The number of rotatable bonds is 5. The summed E-state index contributed by atoms with van der Waals surface area (Å²) < 4.78 is 40.2. The summed E-state index contributed by atoms with van der Waals surface area (Å²) in [5.74, 6) is -1.04. The fourth-order valence-corrected chi connectivity index (χ4v) is 4.64. The Labute approximate surface area is 129 Å². The Hall–Kier alpha value is -1.54. The third kappa shape index (κ3) is 3.27. The molecule has 0 unspecified atom stereocenters. The molecule has 22 heavy (non-hydrogen) atoms. The smallest absolute Gasteiger partial charge is 0.258 e. The zero-order valence-electron chi connectivity index (χ0n) is 12.4. The Kier molecular flexibility index (Phi) is 5.12. The lowest BCUT2D eigenvalue weighted by molar-refractivity contribution is -0.387. The van der Waals surface area contributed by atoms with Crippen LogP contribution in [0, 0.1) is 15.9 Å². The van der Waals surface area contributed by atoms with Crippen LogP contribution in [-0.2, 0) is 10.0 Å². The minimum atomic E-state index is -3.86. The Bertz CT molecular complexity index is 657. The summed E-state index contributed by atoms with van der Waals surface area (Å²) >= 11 is 0. The Morgan fingerprint density at radius 1 is 1.32 bits per heavy atom. The van der Waals surface area contributed by atoms with Crippen molar-refractivity contribution < 1.29 is 17.7 Å². The van der Waals surface area contributed by atoms with Crippen LogP contribution in [0.15, 0.2) is 23.1 Å². The number of halogens is 1. The summed E-state index contributed by atoms with van der Waals surface area (Å²) in [6.45, 7) is 2.03. The van der Waals surface area contributed by atoms with Crippen molar-refractivity contribution in [1.82, 2.24) is 4.31 Å². The van der Waals surface area contributed by atoms with Gasteiger partial charge in [0, 0.05) is 18.7 Å². The van der Waals surface area contributed by atoms with Gasteiger partial charge in [0.15, 0.2) is 0 Å². The Balaban J connectivity index is 2.39. The lowest BCUT2D eigenvalue weighted by Gasteiger charge is -2.32. The summed E-state index contributed by atoms with van der Waals surface area (Å²) in [6, 6.07) is 2.63. The molecule has 0 saturated heterocycles. The fourth-order valence-electron chi connectivity index (χ4n) is 2.92. The number of nitrogens with zero attached hydrogens (tertiary/aromatic N) is 2. The van der Waals surface area contributed by atoms with Gasteiger partial charge in [-0.2, -0.15) is 8.70 Å². The van der Waals surface area contributed by atoms with Crippen LogP contribution in [0.5, 0.6) is 0 Å². The van der Waals surface area contributed by atoms with Crippen LogP contribution in [0.2, 0.25) is 0 Å². The maximum atomic E-state index is 13.4. The van der Waals surface area contributed by atoms with Crippen molar-refractivity contribution in [2.45, 2.75) is 50.0 Å². The topological polar surface area (TPSA) is 80.5 Å². The zero-order chi connectivity index (χ0) is 16.3. The number of hydrogen-bond acceptors (Lipinski definition) is 4. The Morgan fingerprint density at radius 2 is 1.95 bits per heavy atom. The van der Waals surface area contributed by atoms with Crippen LogP contribution >= 0.6 is 0 Å². The van der Waals surface area contributed by atoms with Gasteiger partial charge in [-0.3, -0.25) is 10.1 Å². The number of nitro benzene ring substituents is 1. The molecule has 122 valence electrons. The molecule has 2 rings (SSSR count). The molecule has 0 aliphatic heterocycles. The van der Waals surface area contributed by atoms with E-state index in [4.69, 9.17) is 0 Å². The summed E-state index contributed by atoms with van der Waals surface area (Å²) in [5.41, 5.74) is -0.819. The molecule has 1 aromatic carbocycles. The molecule has 1 aromatic rings. The normalized spacial score (nSPS) is 16.9. The quantitative estimate of drug-likeness (QED) is 0.614. The molecule has 0 heterocycles. The lowest BCUT2D eigenvalue weighted by Crippen LogP contribution is -2.41. The van der Waals surface area contributed by atoms with Gasteiger partial charge in [-0.15, -0.1) is 0 Å². The van der Waals surface area contributed by atoms with E-state index in [-0.39, 0.29) is 17.5 Å². The molecule has 6 nitrogen and oxygen atoms in total. The first-order valence-corrected chi connectivity index (χ1v) is 8.77. The van der Waals surface area contributed by atoms with Crippen LogP contribution in [0.1, 0.15) is 39.0 Å². The van der Waals surface area contributed by atoms with Crippen LogP contribution in [0.3, 0.4) is 0 Å². The maximum absolute atomic E-state index is 13.4. The molecule has 1 saturated carbocycles. The van der Waals surface area contributed by atoms with Gasteiger partial charge >= 0.3 is 5.69 Å². The number of sulfonamides is 1. The van der Waals surface area contributed by atoms with E-state index >= 15 is 0 Å². The molecule has 0 aromatic heterocycles. The van der Waals surface area contributed by atoms with Crippen molar-refractivity contribution in [2.75, 3.05) is 6.54 Å². The molecule has 0 N–H and O–H groups in total. The molecular formula is C14H19FN2O4S. The third-order valence-electron chi connectivity index (χ3n) is 4.01. The molecule has 8 heteroatoms. The number of benzene rings is 1. The van der Waals surface area contributed by atoms with Crippen LogP contribution in [0.4, 0.5) is 10.1 Å². The van der Waals surface area contributed by atoms with Gasteiger partial charge in [-0.1, -0.05) is 26.2 Å². The van der Waals surface area contributed by atoms with Gasteiger partial charge in [-0.25, -0.2) is 8.42 Å². The summed E-state index contributed by atoms with van der Waals surface area (Å²) in [7, 11) is -3.86. The highest BCUT2D eigenvalue weighted by molar-refractivity contribution is 7.89. The van der Waals surface area contributed by atoms with Crippen LogP contribution in [-0.4, -0.2) is 30.2 Å². The van der Waals surface area contributed by atoms with E-state index < -0.39 is 26.5 Å². The fraction of sp³-hybridized carbons (Fsp3) is 0.571. The zero-order valence-corrected chi connectivity index (χ0v) is 13.2. The number of hydrogen-bond donors (Lipinski definition) is 0. The van der Waals surface area contributed by atoms with E-state index in [1.54, 1.807) is 6.92 Å². The highest BCUT2D eigenvalue weighted by atomic mass is 32.2. The highest BCUT2D eigenvalue weighted by Crippen LogP contribution is 2.29. The summed E-state index contributed by atoms with van der Waals surface area (Å²) in [6.07, 6.45) is 4.61. The van der Waals surface area contributed by atoms with E-state index in [1.807, 2.05) is 0 Å². The molecule has 1 aliphatic rings. The van der Waals surface area contributed by atoms with Crippen molar-refractivity contribution in [3.8, 4) is 0 Å². The predicted molar refractivity (Wildman–Crippen MR) is 79.5 cm³/mol. The van der Waals surface area contributed by atoms with Gasteiger partial charge < -0.3 is 0 Å². The molecule has 0 bridgehead atoms. The average molecular weight is 330 g/mol. The minimum Gasteiger partial charge on any atom is -0.258 e. The van der Waals surface area contributed by atoms with Crippen LogP contribution < -0.4 is 0 Å². The van der Waals surface area contributed by atoms with Gasteiger partial charge in [0.25, 0.3) is 0 Å². The summed E-state index contributed by atoms with van der Waals surface area (Å²) in [5, 5.41) is 10.8. The second-order valence-corrected chi connectivity index (χ2v) is 7.26. The highest BCUT2D eigenvalue weighted by Gasteiger charge is 2.32. The lowest BCUT2D eigenvalue weighted by atomic mass is 9.95. The van der Waals surface area contributed by atoms with Gasteiger partial charge in [0.1, 0.15) is 0 Å². The van der Waals surface area contributed by atoms with Crippen molar-refractivity contribution in [3.05, 3.63) is 34.1 Å². The second kappa shape index (κ2) is 6.70. The van der Waals surface area contributed by atoms with Gasteiger partial charge in [0.2, 0.25) is 15.8 Å². The second-order valence-electron chi connectivity index (χ2n) is 5.37. The maximum Gasteiger partial charge on any atom is 0.306 e. The van der Waals surface area contributed by atoms with E-state index in [9.17, 15) is 22.9 Å². The molecule has 1 fully saturated rings. The van der Waals surface area contributed by atoms with E-state index in [0.29, 0.717) is 0 Å². The molecule has 0 atom stereocenters. The standard InChI is InChI=1S/C14H19FN2O4S/c1-2-16(11-6-4-3-5-7-11)22(20,21)12-8-9-13(15)14(10-12)17(18)19/h8-11H,2-7H2,1H3. The minimum absolute atomic E-state index is 0.0899. The Morgan fingerprint density at radius 3 is 2.50 bits per heavy atom. The van der Waals surface area contributed by atoms with Crippen molar-refractivity contribution >= 4 is 15.7 Å². The SMILES string of the molecule is CCN(C1CCCCC1)S(=O)(=O)c1ccc(F)c([N+](=O)[O-])c1. The molecule has 0 spiro atoms. The molecule has 0 amide bonds. The van der Waals surface area contributed by atoms with E-state index in [2.05, 4.69) is 0 Å². The van der Waals surface area contributed by atoms with Gasteiger partial charge in [0.05, 0.1) is 9.82 Å². The largest absolute Gasteiger partial charge is 0.306 e. The van der Waals surface area contributed by atoms with Crippen molar-refractivity contribution in [3.63, 3.8) is 0 Å². The first-order chi connectivity index (χ1) is 10.4. The predicted octanol–water partition coefficient (Wildman–Crippen LogP) is 3.08. The molecule has 1 aliphatic carbocycles. The van der Waals surface area contributed by atoms with E-state index in [1.165, 1.54) is 4.31 Å². The first-order valence-electron chi connectivity index (χ1n) is 7.33. The third-order valence-corrected chi connectivity index (χ3v) is 6.04. The molecule has 0 radical (unpaired) electrons.